The fraction of sp³-hybridized carbons (Fsp3) is 0.701. The third kappa shape index (κ3) is 41.3. The summed E-state index contributed by atoms with van der Waals surface area (Å²) in [6.45, 7) is 5.59. The number of aliphatic hydroxyl groups is 5. The van der Waals surface area contributed by atoms with Gasteiger partial charge in [0.05, 0.1) is 25.4 Å². The van der Waals surface area contributed by atoms with Crippen LogP contribution >= 0.6 is 0 Å². The van der Waals surface area contributed by atoms with Gasteiger partial charge in [-0.3, -0.25) is 9.59 Å². The van der Waals surface area contributed by atoms with E-state index in [0.717, 1.165) is 96.3 Å². The van der Waals surface area contributed by atoms with Gasteiger partial charge in [0.25, 0.3) is 0 Å². The van der Waals surface area contributed by atoms with Gasteiger partial charge in [0.15, 0.2) is 12.4 Å². The number of carbonyl (C=O) groups is 2. The molecule has 1 rings (SSSR count). The average Bonchev–Trinajstić information content (AvgIpc) is 3.44. The summed E-state index contributed by atoms with van der Waals surface area (Å²) >= 11 is 0. The van der Waals surface area contributed by atoms with Gasteiger partial charge in [-0.15, -0.1) is 0 Å². The van der Waals surface area contributed by atoms with Gasteiger partial charge in [0, 0.05) is 12.8 Å². The van der Waals surface area contributed by atoms with E-state index in [2.05, 4.69) is 105 Å². The molecule has 1 heterocycles. The van der Waals surface area contributed by atoms with Gasteiger partial charge in [-0.1, -0.05) is 246 Å². The van der Waals surface area contributed by atoms with E-state index in [1.807, 2.05) is 18.2 Å². The summed E-state index contributed by atoms with van der Waals surface area (Å²) in [5.74, 6) is -1.29. The molecule has 0 bridgehead atoms. The number of rotatable bonds is 51. The van der Waals surface area contributed by atoms with Crippen LogP contribution in [0.3, 0.4) is 0 Å². The third-order valence-corrected chi connectivity index (χ3v) is 13.9. The van der Waals surface area contributed by atoms with Gasteiger partial charge in [0.1, 0.15) is 24.4 Å². The quantitative estimate of drug-likeness (QED) is 0.0195. The van der Waals surface area contributed by atoms with Crippen LogP contribution in [0.4, 0.5) is 0 Å². The molecule has 1 amide bonds. The predicted octanol–water partition coefficient (Wildman–Crippen LogP) is 14.9. The third-order valence-electron chi connectivity index (χ3n) is 13.9. The molecule has 0 spiro atoms. The summed E-state index contributed by atoms with van der Waals surface area (Å²) in [5, 5.41) is 56.9. The Morgan fingerprint density at radius 3 is 1.41 bits per heavy atom. The lowest BCUT2D eigenvalue weighted by atomic mass is 9.99. The zero-order chi connectivity index (χ0) is 56.8. The van der Waals surface area contributed by atoms with E-state index in [1.165, 1.54) is 96.3 Å². The monoisotopic (exact) mass is 1090 g/mol. The van der Waals surface area contributed by atoms with Crippen molar-refractivity contribution in [1.29, 1.82) is 0 Å². The van der Waals surface area contributed by atoms with E-state index in [9.17, 15) is 35.1 Å². The van der Waals surface area contributed by atoms with Crippen molar-refractivity contribution >= 4 is 11.9 Å². The first kappa shape index (κ1) is 72.3. The first-order chi connectivity index (χ1) is 38.2. The topological polar surface area (TPSA) is 175 Å². The van der Waals surface area contributed by atoms with Gasteiger partial charge >= 0.3 is 5.97 Å². The lowest BCUT2D eigenvalue weighted by Crippen LogP contribution is -2.61. The molecule has 0 aromatic rings. The molecule has 8 atom stereocenters. The van der Waals surface area contributed by atoms with Crippen molar-refractivity contribution in [3.05, 3.63) is 109 Å². The molecule has 1 saturated heterocycles. The maximum Gasteiger partial charge on any atom is 0.306 e. The molecule has 78 heavy (non-hydrogen) atoms. The van der Waals surface area contributed by atoms with Crippen molar-refractivity contribution in [2.45, 2.75) is 288 Å². The molecule has 1 aliphatic heterocycles. The summed E-state index contributed by atoms with van der Waals surface area (Å²) < 4.78 is 17.6. The van der Waals surface area contributed by atoms with Crippen molar-refractivity contribution in [2.24, 2.45) is 0 Å². The van der Waals surface area contributed by atoms with Crippen molar-refractivity contribution in [2.75, 3.05) is 13.2 Å². The maximum absolute atomic E-state index is 13.4. The van der Waals surface area contributed by atoms with Crippen molar-refractivity contribution < 1.29 is 49.3 Å². The highest BCUT2D eigenvalue weighted by Gasteiger charge is 2.47. The highest BCUT2D eigenvalue weighted by Crippen LogP contribution is 2.26. The van der Waals surface area contributed by atoms with Gasteiger partial charge in [0.2, 0.25) is 5.91 Å². The highest BCUT2D eigenvalue weighted by molar-refractivity contribution is 5.81. The zero-order valence-corrected chi connectivity index (χ0v) is 49.2. The number of hydrogen-bond donors (Lipinski definition) is 6. The Labute approximate surface area is 475 Å². The van der Waals surface area contributed by atoms with E-state index in [4.69, 9.17) is 14.2 Å². The first-order valence-corrected chi connectivity index (χ1v) is 31.2. The van der Waals surface area contributed by atoms with Crippen LogP contribution in [0.15, 0.2) is 109 Å². The van der Waals surface area contributed by atoms with Gasteiger partial charge in [-0.25, -0.2) is 0 Å². The fourth-order valence-corrected chi connectivity index (χ4v) is 8.99. The summed E-state index contributed by atoms with van der Waals surface area (Å²) in [4.78, 5) is 26.5. The van der Waals surface area contributed by atoms with Gasteiger partial charge in [-0.05, 0) is 89.9 Å². The van der Waals surface area contributed by atoms with Crippen molar-refractivity contribution in [3.8, 4) is 0 Å². The lowest BCUT2D eigenvalue weighted by molar-refractivity contribution is -0.305. The van der Waals surface area contributed by atoms with Crippen LogP contribution in [-0.4, -0.2) is 99.6 Å². The molecule has 0 saturated carbocycles. The summed E-state index contributed by atoms with van der Waals surface area (Å²) in [6, 6.07) is -1.07. The Morgan fingerprint density at radius 2 is 0.923 bits per heavy atom. The van der Waals surface area contributed by atoms with E-state index >= 15 is 0 Å². The molecule has 446 valence electrons. The second kappa shape index (κ2) is 53.9. The van der Waals surface area contributed by atoms with E-state index in [-0.39, 0.29) is 19.4 Å². The van der Waals surface area contributed by atoms with E-state index in [0.29, 0.717) is 12.8 Å². The maximum atomic E-state index is 13.4. The highest BCUT2D eigenvalue weighted by atomic mass is 16.7. The Morgan fingerprint density at radius 1 is 0.513 bits per heavy atom. The number of nitrogens with one attached hydrogen (secondary N) is 1. The zero-order valence-electron chi connectivity index (χ0n) is 49.2. The van der Waals surface area contributed by atoms with Crippen LogP contribution in [-0.2, 0) is 23.8 Å². The van der Waals surface area contributed by atoms with Crippen LogP contribution in [0.25, 0.3) is 0 Å². The molecule has 1 fully saturated rings. The number of aliphatic hydroxyl groups excluding tert-OH is 5. The molecular formula is C67H113NO10. The van der Waals surface area contributed by atoms with Crippen LogP contribution in [0, 0.1) is 0 Å². The molecule has 0 aliphatic carbocycles. The fourth-order valence-electron chi connectivity index (χ4n) is 8.99. The number of amides is 1. The number of ether oxygens (including phenoxy) is 3. The van der Waals surface area contributed by atoms with Crippen molar-refractivity contribution in [3.63, 3.8) is 0 Å². The first-order valence-electron chi connectivity index (χ1n) is 31.2. The van der Waals surface area contributed by atoms with Gasteiger partial charge < -0.3 is 45.1 Å². The molecule has 6 N–H and O–H groups in total. The number of hydrogen-bond acceptors (Lipinski definition) is 10. The molecule has 0 aromatic heterocycles. The number of carbonyl (C=O) groups excluding carboxylic acids is 2. The summed E-state index contributed by atoms with van der Waals surface area (Å²) in [5.41, 5.74) is 0. The smallest absolute Gasteiger partial charge is 0.306 e. The van der Waals surface area contributed by atoms with Crippen LogP contribution in [0.1, 0.15) is 239 Å². The standard InChI is InChI=1S/C67H113NO10/c1-4-7-10-13-16-19-22-25-27-29-31-33-35-37-40-43-46-49-52-55-62(72)78-65-64(74)63(73)61(56-69)77-67(65)76-57-58(59(70)53-50-47-44-41-38-24-21-18-15-12-9-6-3)68-66(75)60(71)54-51-48-45-42-39-36-34-32-30-28-26-23-20-17-14-11-8-5-2/h8,11,16-17,19-20,25-28,32,34,39,42,48,50-51,53,58-61,63-65,67,69-71,73-74H,4-7,9-10,12-15,18,21-24,29-31,33,35-38,40-41,43-47,49,52,54-57H2,1-3H3,(H,68,75)/b11-8-,19-16-,20-17-,27-25-,28-26-,34-32-,42-39-,51-48-,53-50+. The summed E-state index contributed by atoms with van der Waals surface area (Å²) in [6.07, 6.45) is 62.8. The molecule has 0 radical (unpaired) electrons. The minimum absolute atomic E-state index is 0.0526. The van der Waals surface area contributed by atoms with Crippen LogP contribution in [0.5, 0.6) is 0 Å². The molecular weight excluding hydrogens is 979 g/mol. The minimum Gasteiger partial charge on any atom is -0.454 e. The molecule has 8 unspecified atom stereocenters. The molecule has 11 nitrogen and oxygen atoms in total. The Kier molecular flexibility index (Phi) is 50.0. The second-order valence-corrected chi connectivity index (χ2v) is 21.1. The largest absolute Gasteiger partial charge is 0.454 e. The number of allylic oxidation sites excluding steroid dienone is 16. The molecule has 1 aliphatic rings. The van der Waals surface area contributed by atoms with Gasteiger partial charge in [-0.2, -0.15) is 0 Å². The van der Waals surface area contributed by atoms with Crippen molar-refractivity contribution in [1.82, 2.24) is 5.32 Å². The van der Waals surface area contributed by atoms with E-state index < -0.39 is 67.4 Å². The Hall–Kier alpha value is -3.68. The molecule has 11 heteroatoms. The number of unbranched alkanes of at least 4 members (excludes halogenated alkanes) is 22. The van der Waals surface area contributed by atoms with Crippen LogP contribution in [0.2, 0.25) is 0 Å². The Balaban J connectivity index is 2.73. The van der Waals surface area contributed by atoms with E-state index in [1.54, 1.807) is 12.2 Å². The Bertz CT molecular complexity index is 1680. The number of esters is 1. The average molecular weight is 1090 g/mol. The second-order valence-electron chi connectivity index (χ2n) is 21.1. The predicted molar refractivity (Wildman–Crippen MR) is 324 cm³/mol. The normalized spacial score (nSPS) is 19.7. The SMILES string of the molecule is CC/C=C\C/C=C\C/C=C\C/C=C\C/C=C\C/C=C\CC(O)C(=O)NC(COC1OC(CO)C(O)C(O)C1OC(=O)CCCCCCCCCCC/C=C\C/C=C\CCCCC)C(O)/C=C/CCCCCCCCCCCC. The minimum atomic E-state index is -1.63. The molecule has 0 aromatic carbocycles. The summed E-state index contributed by atoms with van der Waals surface area (Å²) in [7, 11) is 0. The van der Waals surface area contributed by atoms with Crippen LogP contribution < -0.4 is 5.32 Å². The lowest BCUT2D eigenvalue weighted by Gasteiger charge is -2.41.